The van der Waals surface area contributed by atoms with Crippen molar-refractivity contribution >= 4 is 5.78 Å². The Morgan fingerprint density at radius 1 is 1.04 bits per heavy atom. The molecule has 1 aliphatic rings. The lowest BCUT2D eigenvalue weighted by Gasteiger charge is -2.28. The highest BCUT2D eigenvalue weighted by Crippen LogP contribution is 2.38. The van der Waals surface area contributed by atoms with Crippen LogP contribution in [-0.4, -0.2) is 26.8 Å². The van der Waals surface area contributed by atoms with Crippen molar-refractivity contribution in [2.24, 2.45) is 0 Å². The Morgan fingerprint density at radius 2 is 1.67 bits per heavy atom. The lowest BCUT2D eigenvalue weighted by atomic mass is 9.95. The number of rotatable bonds is 2. The number of benzene rings is 2. The topological polar surface area (TPSA) is 64.4 Å². The Balaban J connectivity index is 1.85. The molecule has 0 amide bonds. The first kappa shape index (κ1) is 14.7. The molecule has 120 valence electrons. The third kappa shape index (κ3) is 2.21. The maximum atomic E-state index is 12.7. The van der Waals surface area contributed by atoms with Gasteiger partial charge in [-0.05, 0) is 24.6 Å². The quantitative estimate of drug-likeness (QED) is 0.788. The van der Waals surface area contributed by atoms with Gasteiger partial charge in [-0.25, -0.2) is 4.68 Å². The van der Waals surface area contributed by atoms with Crippen molar-refractivity contribution < 1.29 is 14.6 Å². The maximum absolute atomic E-state index is 12.7. The number of hydrogen-bond acceptors (Lipinski definition) is 4. The second-order valence-electron chi connectivity index (χ2n) is 5.77. The minimum Gasteiger partial charge on any atom is -0.466 e. The van der Waals surface area contributed by atoms with Crippen LogP contribution in [0.5, 0.6) is 5.88 Å². The van der Waals surface area contributed by atoms with E-state index >= 15 is 0 Å². The van der Waals surface area contributed by atoms with Gasteiger partial charge in [0, 0.05) is 0 Å². The summed E-state index contributed by atoms with van der Waals surface area (Å²) in [6.45, 7) is 1.75. The van der Waals surface area contributed by atoms with Gasteiger partial charge in [0.15, 0.2) is 12.2 Å². The number of hydrogen-bond donors (Lipinski definition) is 1. The molecule has 3 aromatic rings. The van der Waals surface area contributed by atoms with Crippen LogP contribution < -0.4 is 4.74 Å². The highest BCUT2D eigenvalue weighted by molar-refractivity contribution is 6.03. The van der Waals surface area contributed by atoms with Crippen molar-refractivity contribution in [2.45, 2.75) is 19.1 Å². The normalized spacial score (nSPS) is 19.7. The van der Waals surface area contributed by atoms with E-state index in [4.69, 9.17) is 4.74 Å². The largest absolute Gasteiger partial charge is 0.466 e. The zero-order valence-electron chi connectivity index (χ0n) is 13.1. The van der Waals surface area contributed by atoms with Crippen LogP contribution in [0.25, 0.3) is 5.69 Å². The van der Waals surface area contributed by atoms with Gasteiger partial charge >= 0.3 is 0 Å². The van der Waals surface area contributed by atoms with Gasteiger partial charge < -0.3 is 9.84 Å². The van der Waals surface area contributed by atoms with Crippen LogP contribution in [0, 0.1) is 6.92 Å². The van der Waals surface area contributed by atoms with E-state index in [2.05, 4.69) is 5.10 Å². The van der Waals surface area contributed by atoms with Gasteiger partial charge in [0.05, 0.1) is 11.4 Å². The summed E-state index contributed by atoms with van der Waals surface area (Å²) in [5.74, 6) is 0.0210. The minimum atomic E-state index is -1.24. The maximum Gasteiger partial charge on any atom is 0.228 e. The first-order valence-electron chi connectivity index (χ1n) is 7.76. The van der Waals surface area contributed by atoms with E-state index in [0.717, 1.165) is 11.3 Å². The Kier molecular flexibility index (Phi) is 3.43. The molecule has 2 aromatic carbocycles. The second kappa shape index (κ2) is 5.62. The number of aromatic nitrogens is 2. The van der Waals surface area contributed by atoms with Gasteiger partial charge in [0.2, 0.25) is 11.7 Å². The number of para-hydroxylation sites is 1. The number of Topliss-reactive ketones (excluding diaryl/α,β-unsaturated/α-hetero) is 1. The molecule has 0 fully saturated rings. The molecule has 0 saturated carbocycles. The van der Waals surface area contributed by atoms with Crippen molar-refractivity contribution in [1.29, 1.82) is 0 Å². The summed E-state index contributed by atoms with van der Waals surface area (Å²) in [7, 11) is 0. The van der Waals surface area contributed by atoms with E-state index in [-0.39, 0.29) is 5.78 Å². The van der Waals surface area contributed by atoms with Crippen LogP contribution in [0.2, 0.25) is 0 Å². The summed E-state index contributed by atoms with van der Waals surface area (Å²) in [6, 6.07) is 18.7. The lowest BCUT2D eigenvalue weighted by Crippen LogP contribution is -2.36. The average molecular weight is 320 g/mol. The summed E-state index contributed by atoms with van der Waals surface area (Å²) < 4.78 is 7.65. The van der Waals surface area contributed by atoms with E-state index in [0.29, 0.717) is 17.1 Å². The number of ketones is 1. The summed E-state index contributed by atoms with van der Waals surface area (Å²) in [5.41, 5.74) is 2.45. The number of aryl methyl sites for hydroxylation is 1. The number of fused-ring (bicyclic) bond motifs is 1. The minimum absolute atomic E-state index is 0.346. The fraction of sp³-hybridized carbons (Fsp3) is 0.158. The molecule has 2 heterocycles. The third-order valence-electron chi connectivity index (χ3n) is 4.19. The summed E-state index contributed by atoms with van der Waals surface area (Å²) >= 11 is 0. The Morgan fingerprint density at radius 3 is 2.33 bits per heavy atom. The van der Waals surface area contributed by atoms with E-state index < -0.39 is 12.2 Å². The molecular weight excluding hydrogens is 304 g/mol. The number of carbonyl (C=O) groups is 1. The lowest BCUT2D eigenvalue weighted by molar-refractivity contribution is 0.0188. The van der Waals surface area contributed by atoms with Crippen LogP contribution in [0.3, 0.4) is 0 Å². The number of carbonyl (C=O) groups excluding carboxylic acids is 1. The van der Waals surface area contributed by atoms with Gasteiger partial charge in [-0.2, -0.15) is 5.10 Å². The number of nitrogens with zero attached hydrogens (tertiary/aromatic N) is 2. The average Bonchev–Trinajstić information content (AvgIpc) is 2.96. The number of ether oxygens (including phenoxy) is 1. The van der Waals surface area contributed by atoms with Crippen molar-refractivity contribution in [3.05, 3.63) is 77.5 Å². The first-order valence-corrected chi connectivity index (χ1v) is 7.76. The standard InChI is InChI=1S/C19H16N2O3/c1-12-15-16(22)17(23)18(13-8-4-2-5-9-13)24-19(15)21(20-12)14-10-6-3-7-11-14/h2-11,17-18,23H,1H3/t17-,18+/m1/s1. The molecule has 24 heavy (non-hydrogen) atoms. The van der Waals surface area contributed by atoms with Gasteiger partial charge in [-0.3, -0.25) is 4.79 Å². The van der Waals surface area contributed by atoms with E-state index in [9.17, 15) is 9.90 Å². The van der Waals surface area contributed by atoms with E-state index in [1.54, 1.807) is 11.6 Å². The number of aliphatic hydroxyl groups is 1. The van der Waals surface area contributed by atoms with Crippen molar-refractivity contribution in [2.75, 3.05) is 0 Å². The van der Waals surface area contributed by atoms with Crippen LogP contribution in [0.4, 0.5) is 0 Å². The van der Waals surface area contributed by atoms with Gasteiger partial charge in [0.25, 0.3) is 0 Å². The predicted molar refractivity (Wildman–Crippen MR) is 88.4 cm³/mol. The predicted octanol–water partition coefficient (Wildman–Crippen LogP) is 2.86. The second-order valence-corrected chi connectivity index (χ2v) is 5.77. The van der Waals surface area contributed by atoms with Crippen LogP contribution in [0.1, 0.15) is 27.7 Å². The SMILES string of the molecule is Cc1nn(-c2ccccc2)c2c1C(=O)[C@@H](O)[C@H](c1ccccc1)O2. The molecule has 1 N–H and O–H groups in total. The molecule has 0 aliphatic carbocycles. The Labute approximate surface area is 139 Å². The van der Waals surface area contributed by atoms with E-state index in [1.165, 1.54) is 0 Å². The fourth-order valence-electron chi connectivity index (χ4n) is 3.01. The summed E-state index contributed by atoms with van der Waals surface area (Å²) in [4.78, 5) is 12.7. The molecule has 5 heteroatoms. The van der Waals surface area contributed by atoms with Crippen LogP contribution in [-0.2, 0) is 0 Å². The molecule has 4 rings (SSSR count). The van der Waals surface area contributed by atoms with Gasteiger partial charge in [-0.1, -0.05) is 48.5 Å². The van der Waals surface area contributed by atoms with Crippen molar-refractivity contribution in [3.63, 3.8) is 0 Å². The van der Waals surface area contributed by atoms with E-state index in [1.807, 2.05) is 60.7 Å². The highest BCUT2D eigenvalue weighted by atomic mass is 16.5. The third-order valence-corrected chi connectivity index (χ3v) is 4.19. The monoisotopic (exact) mass is 320 g/mol. The molecule has 2 atom stereocenters. The first-order chi connectivity index (χ1) is 11.7. The zero-order valence-corrected chi connectivity index (χ0v) is 13.1. The summed E-state index contributed by atoms with van der Waals surface area (Å²) in [6.07, 6.45) is -1.99. The molecule has 0 spiro atoms. The van der Waals surface area contributed by atoms with Crippen LogP contribution >= 0.6 is 0 Å². The van der Waals surface area contributed by atoms with Crippen molar-refractivity contribution in [3.8, 4) is 11.6 Å². The molecule has 0 radical (unpaired) electrons. The Bertz CT molecular complexity index is 888. The molecule has 5 nitrogen and oxygen atoms in total. The molecule has 1 aliphatic heterocycles. The fourth-order valence-corrected chi connectivity index (χ4v) is 3.01. The van der Waals surface area contributed by atoms with Gasteiger partial charge in [0.1, 0.15) is 5.56 Å². The molecule has 0 unspecified atom stereocenters. The van der Waals surface area contributed by atoms with Crippen LogP contribution in [0.15, 0.2) is 60.7 Å². The zero-order chi connectivity index (χ0) is 16.7. The molecule has 0 saturated heterocycles. The van der Waals surface area contributed by atoms with Gasteiger partial charge in [-0.15, -0.1) is 0 Å². The summed E-state index contributed by atoms with van der Waals surface area (Å²) in [5, 5.41) is 14.9. The smallest absolute Gasteiger partial charge is 0.228 e. The molecule has 1 aromatic heterocycles. The number of aliphatic hydroxyl groups excluding tert-OH is 1. The Hall–Kier alpha value is -2.92. The van der Waals surface area contributed by atoms with Crippen molar-refractivity contribution in [1.82, 2.24) is 9.78 Å². The molecular formula is C19H16N2O3. The highest BCUT2D eigenvalue weighted by Gasteiger charge is 2.41. The molecule has 0 bridgehead atoms.